The van der Waals surface area contributed by atoms with Gasteiger partial charge in [-0.25, -0.2) is 9.48 Å². The van der Waals surface area contributed by atoms with Crippen molar-refractivity contribution in [1.29, 1.82) is 0 Å². The van der Waals surface area contributed by atoms with Gasteiger partial charge in [-0.05, 0) is 25.0 Å². The number of nitrogens with zero attached hydrogens (tertiary/aromatic N) is 3. The van der Waals surface area contributed by atoms with Gasteiger partial charge in [-0.1, -0.05) is 36.8 Å². The molecule has 2 aromatic rings. The molecule has 0 aliphatic rings. The first-order valence-electron chi connectivity index (χ1n) is 8.45. The summed E-state index contributed by atoms with van der Waals surface area (Å²) in [5.74, 6) is -1.05. The Balaban J connectivity index is 1.91. The number of hydrogen-bond donors (Lipinski definition) is 0. The second-order valence-electron chi connectivity index (χ2n) is 6.09. The molecule has 1 heterocycles. The predicted octanol–water partition coefficient (Wildman–Crippen LogP) is 1.78. The number of ether oxygens (including phenoxy) is 1. The summed E-state index contributed by atoms with van der Waals surface area (Å²) in [4.78, 5) is 37.3. The minimum atomic E-state index is -0.730. The number of benzene rings is 1. The molecule has 0 fully saturated rings. The van der Waals surface area contributed by atoms with Gasteiger partial charge < -0.3 is 9.64 Å². The normalized spacial score (nSPS) is 10.4. The lowest BCUT2D eigenvalue weighted by atomic mass is 10.1. The van der Waals surface area contributed by atoms with Gasteiger partial charge in [0.1, 0.15) is 0 Å². The van der Waals surface area contributed by atoms with E-state index in [-0.39, 0.29) is 23.8 Å². The molecule has 0 N–H and O–H groups in total. The molecule has 1 aromatic carbocycles. The maximum atomic E-state index is 12.1. The largest absolute Gasteiger partial charge is 0.451 e. The van der Waals surface area contributed by atoms with E-state index in [9.17, 15) is 14.4 Å². The van der Waals surface area contributed by atoms with E-state index in [2.05, 4.69) is 5.10 Å². The number of hydrogen-bond acceptors (Lipinski definition) is 5. The Hall–Kier alpha value is -2.96. The zero-order valence-corrected chi connectivity index (χ0v) is 15.3. The summed E-state index contributed by atoms with van der Waals surface area (Å²) in [5, 5.41) is 3.97. The van der Waals surface area contributed by atoms with E-state index in [0.29, 0.717) is 19.5 Å². The highest BCUT2D eigenvalue weighted by atomic mass is 16.5. The molecule has 0 saturated heterocycles. The molecule has 7 nitrogen and oxygen atoms in total. The van der Waals surface area contributed by atoms with Crippen molar-refractivity contribution in [3.8, 4) is 0 Å². The van der Waals surface area contributed by atoms with Crippen molar-refractivity contribution in [2.45, 2.75) is 33.4 Å². The number of esters is 1. The van der Waals surface area contributed by atoms with Crippen molar-refractivity contribution in [1.82, 2.24) is 14.7 Å². The van der Waals surface area contributed by atoms with E-state index in [4.69, 9.17) is 4.74 Å². The summed E-state index contributed by atoms with van der Waals surface area (Å²) in [7, 11) is 1.65. The quantitative estimate of drug-likeness (QED) is 0.706. The summed E-state index contributed by atoms with van der Waals surface area (Å²) >= 11 is 0. The van der Waals surface area contributed by atoms with Gasteiger partial charge in [0.2, 0.25) is 0 Å². The fraction of sp³-hybridized carbons (Fsp3) is 0.368. The molecule has 0 unspecified atom stereocenters. The second kappa shape index (κ2) is 8.94. The summed E-state index contributed by atoms with van der Waals surface area (Å²) < 4.78 is 6.24. The summed E-state index contributed by atoms with van der Waals surface area (Å²) in [6.45, 7) is 4.36. The van der Waals surface area contributed by atoms with Gasteiger partial charge in [0.05, 0.1) is 0 Å². The molecule has 0 atom stereocenters. The summed E-state index contributed by atoms with van der Waals surface area (Å²) in [6, 6.07) is 10.4. The van der Waals surface area contributed by atoms with E-state index >= 15 is 0 Å². The molecule has 0 spiro atoms. The van der Waals surface area contributed by atoms with Crippen molar-refractivity contribution in [2.24, 2.45) is 0 Å². The van der Waals surface area contributed by atoms with Gasteiger partial charge in [0.25, 0.3) is 11.5 Å². The van der Waals surface area contributed by atoms with Crippen LogP contribution < -0.4 is 5.56 Å². The van der Waals surface area contributed by atoms with E-state index in [1.54, 1.807) is 7.05 Å². The number of amides is 1. The zero-order chi connectivity index (χ0) is 19.1. The Kier molecular flexibility index (Phi) is 6.66. The smallest absolute Gasteiger partial charge is 0.359 e. The first kappa shape index (κ1) is 19.4. The van der Waals surface area contributed by atoms with Crippen molar-refractivity contribution in [3.63, 3.8) is 0 Å². The summed E-state index contributed by atoms with van der Waals surface area (Å²) in [5.41, 5.74) is 1.86. The zero-order valence-electron chi connectivity index (χ0n) is 15.3. The molecule has 0 aliphatic carbocycles. The molecule has 7 heteroatoms. The fourth-order valence-corrected chi connectivity index (χ4v) is 2.30. The van der Waals surface area contributed by atoms with Crippen molar-refractivity contribution in [3.05, 3.63) is 63.6 Å². The maximum Gasteiger partial charge on any atom is 0.359 e. The highest BCUT2D eigenvalue weighted by Gasteiger charge is 2.15. The summed E-state index contributed by atoms with van der Waals surface area (Å²) in [6.07, 6.45) is 0.716. The first-order chi connectivity index (χ1) is 12.4. The molecule has 0 radical (unpaired) electrons. The van der Waals surface area contributed by atoms with Crippen LogP contribution in [0.15, 0.2) is 41.2 Å². The first-order valence-corrected chi connectivity index (χ1v) is 8.45. The lowest BCUT2D eigenvalue weighted by Crippen LogP contribution is -2.31. The molecule has 1 amide bonds. The van der Waals surface area contributed by atoms with Gasteiger partial charge >= 0.3 is 5.97 Å². The monoisotopic (exact) mass is 357 g/mol. The lowest BCUT2D eigenvalue weighted by molar-refractivity contribution is -0.133. The minimum absolute atomic E-state index is 0.00652. The molecule has 0 aliphatic heterocycles. The van der Waals surface area contributed by atoms with Crippen molar-refractivity contribution >= 4 is 11.9 Å². The van der Waals surface area contributed by atoms with E-state index in [1.807, 2.05) is 38.1 Å². The molecule has 0 saturated carbocycles. The molecular formula is C19H23N3O4. The number of carbonyl (C=O) groups is 2. The molecule has 2 rings (SSSR count). The average molecular weight is 357 g/mol. The SMILES string of the molecule is CCCn1nc(C(=O)OCC(=O)N(C)Cc2ccc(C)cc2)ccc1=O. The number of carbonyl (C=O) groups excluding carboxylic acids is 2. The van der Waals surface area contributed by atoms with E-state index in [0.717, 1.165) is 11.1 Å². The number of aryl methyl sites for hydroxylation is 2. The van der Waals surface area contributed by atoms with Crippen molar-refractivity contribution < 1.29 is 14.3 Å². The van der Waals surface area contributed by atoms with E-state index < -0.39 is 5.97 Å². The Morgan fingerprint density at radius 1 is 1.15 bits per heavy atom. The number of rotatable bonds is 7. The van der Waals surface area contributed by atoms with Crippen LogP contribution in [0.4, 0.5) is 0 Å². The molecule has 138 valence electrons. The van der Waals surface area contributed by atoms with Crippen LogP contribution in [0.3, 0.4) is 0 Å². The van der Waals surface area contributed by atoms with Crippen LogP contribution in [0.1, 0.15) is 35.0 Å². The van der Waals surface area contributed by atoms with Crippen LogP contribution in [-0.2, 0) is 22.6 Å². The van der Waals surface area contributed by atoms with Crippen LogP contribution in [0.2, 0.25) is 0 Å². The van der Waals surface area contributed by atoms with Crippen LogP contribution in [0, 0.1) is 6.92 Å². The Morgan fingerprint density at radius 3 is 2.50 bits per heavy atom. The molecule has 1 aromatic heterocycles. The van der Waals surface area contributed by atoms with E-state index in [1.165, 1.54) is 21.7 Å². The Morgan fingerprint density at radius 2 is 1.85 bits per heavy atom. The van der Waals surface area contributed by atoms with Crippen LogP contribution in [0.25, 0.3) is 0 Å². The Bertz CT molecular complexity index is 827. The van der Waals surface area contributed by atoms with Gasteiger partial charge in [-0.2, -0.15) is 5.10 Å². The number of aromatic nitrogens is 2. The average Bonchev–Trinajstić information content (AvgIpc) is 2.63. The third-order valence-electron chi connectivity index (χ3n) is 3.80. The lowest BCUT2D eigenvalue weighted by Gasteiger charge is -2.17. The van der Waals surface area contributed by atoms with Crippen LogP contribution >= 0.6 is 0 Å². The highest BCUT2D eigenvalue weighted by molar-refractivity contribution is 5.89. The minimum Gasteiger partial charge on any atom is -0.451 e. The third kappa shape index (κ3) is 5.27. The van der Waals surface area contributed by atoms with Gasteiger partial charge in [-0.15, -0.1) is 0 Å². The maximum absolute atomic E-state index is 12.1. The van der Waals surface area contributed by atoms with Crippen LogP contribution in [-0.4, -0.2) is 40.2 Å². The second-order valence-corrected chi connectivity index (χ2v) is 6.09. The van der Waals surface area contributed by atoms with Crippen LogP contribution in [0.5, 0.6) is 0 Å². The van der Waals surface area contributed by atoms with Gasteiger partial charge in [0.15, 0.2) is 12.3 Å². The molecule has 26 heavy (non-hydrogen) atoms. The standard InChI is InChI=1S/C19H23N3O4/c1-4-11-22-17(23)10-9-16(20-22)19(25)26-13-18(24)21(3)12-15-7-5-14(2)6-8-15/h5-10H,4,11-13H2,1-3H3. The molecular weight excluding hydrogens is 334 g/mol. The fourth-order valence-electron chi connectivity index (χ4n) is 2.30. The van der Waals surface area contributed by atoms with Gasteiger partial charge in [-0.3, -0.25) is 9.59 Å². The number of likely N-dealkylation sites (N-methyl/N-ethyl adjacent to an activating group) is 1. The highest BCUT2D eigenvalue weighted by Crippen LogP contribution is 2.06. The molecule has 0 bridgehead atoms. The van der Waals surface area contributed by atoms with Crippen molar-refractivity contribution in [2.75, 3.05) is 13.7 Å². The topological polar surface area (TPSA) is 81.5 Å². The third-order valence-corrected chi connectivity index (χ3v) is 3.80. The van der Waals surface area contributed by atoms with Gasteiger partial charge in [0, 0.05) is 26.2 Å². The Labute approximate surface area is 152 Å². The predicted molar refractivity (Wildman–Crippen MR) is 96.7 cm³/mol.